The van der Waals surface area contributed by atoms with Crippen molar-refractivity contribution in [2.45, 2.75) is 20.0 Å². The Morgan fingerprint density at radius 3 is 2.96 bits per heavy atom. The molecule has 1 aliphatic rings. The van der Waals surface area contributed by atoms with E-state index in [1.165, 1.54) is 0 Å². The average Bonchev–Trinajstić information content (AvgIpc) is 3.23. The first-order chi connectivity index (χ1) is 11.3. The Labute approximate surface area is 158 Å². The van der Waals surface area contributed by atoms with Crippen LogP contribution in [0.3, 0.4) is 0 Å². The summed E-state index contributed by atoms with van der Waals surface area (Å²) in [5.41, 5.74) is 1.08. The largest absolute Gasteiger partial charge is 0.454 e. The van der Waals surface area contributed by atoms with E-state index in [2.05, 4.69) is 20.6 Å². The number of halogens is 1. The van der Waals surface area contributed by atoms with Crippen molar-refractivity contribution in [1.29, 1.82) is 0 Å². The number of hydrogen-bond acceptors (Lipinski definition) is 4. The first-order valence-electron chi connectivity index (χ1n) is 7.71. The van der Waals surface area contributed by atoms with Crippen molar-refractivity contribution in [1.82, 2.24) is 20.2 Å². The molecule has 0 bridgehead atoms. The normalized spacial score (nSPS) is 12.6. The summed E-state index contributed by atoms with van der Waals surface area (Å²) in [7, 11) is 0. The van der Waals surface area contributed by atoms with Gasteiger partial charge in [0, 0.05) is 32.0 Å². The quantitative estimate of drug-likeness (QED) is 0.406. The lowest BCUT2D eigenvalue weighted by Crippen LogP contribution is -2.38. The Morgan fingerprint density at radius 2 is 2.17 bits per heavy atom. The highest BCUT2D eigenvalue weighted by molar-refractivity contribution is 14.0. The number of guanidine groups is 1. The molecule has 0 fully saturated rings. The van der Waals surface area contributed by atoms with Gasteiger partial charge in [0.25, 0.3) is 0 Å². The molecule has 3 rings (SSSR count). The van der Waals surface area contributed by atoms with E-state index in [0.717, 1.165) is 42.7 Å². The highest BCUT2D eigenvalue weighted by Gasteiger charge is 2.12. The van der Waals surface area contributed by atoms with Gasteiger partial charge in [0.1, 0.15) is 0 Å². The van der Waals surface area contributed by atoms with Gasteiger partial charge in [0.2, 0.25) is 6.79 Å². The number of imidazole rings is 1. The molecule has 2 aromatic rings. The smallest absolute Gasteiger partial charge is 0.231 e. The lowest BCUT2D eigenvalue weighted by atomic mass is 10.2. The van der Waals surface area contributed by atoms with Crippen molar-refractivity contribution < 1.29 is 9.47 Å². The van der Waals surface area contributed by atoms with Gasteiger partial charge in [0.05, 0.1) is 12.9 Å². The van der Waals surface area contributed by atoms with E-state index >= 15 is 0 Å². The number of ether oxygens (including phenoxy) is 2. The molecule has 0 unspecified atom stereocenters. The zero-order chi connectivity index (χ0) is 15.9. The summed E-state index contributed by atoms with van der Waals surface area (Å²) in [5.74, 6) is 2.38. The molecular weight excluding hydrogens is 421 g/mol. The Kier molecular flexibility index (Phi) is 7.16. The van der Waals surface area contributed by atoms with Crippen molar-refractivity contribution >= 4 is 29.9 Å². The van der Waals surface area contributed by atoms with Gasteiger partial charge in [-0.25, -0.2) is 9.98 Å². The third kappa shape index (κ3) is 5.02. The summed E-state index contributed by atoms with van der Waals surface area (Å²) in [6.07, 6.45) is 5.52. The minimum Gasteiger partial charge on any atom is -0.454 e. The zero-order valence-corrected chi connectivity index (χ0v) is 15.9. The van der Waals surface area contributed by atoms with E-state index < -0.39 is 0 Å². The van der Waals surface area contributed by atoms with Crippen LogP contribution in [0, 0.1) is 0 Å². The van der Waals surface area contributed by atoms with Crippen molar-refractivity contribution in [3.05, 3.63) is 42.5 Å². The topological polar surface area (TPSA) is 72.7 Å². The molecule has 130 valence electrons. The van der Waals surface area contributed by atoms with E-state index in [0.29, 0.717) is 13.3 Å². The van der Waals surface area contributed by atoms with Gasteiger partial charge in [-0.2, -0.15) is 0 Å². The predicted octanol–water partition coefficient (Wildman–Crippen LogP) is 1.99. The second-order valence-corrected chi connectivity index (χ2v) is 5.11. The van der Waals surface area contributed by atoms with Gasteiger partial charge in [-0.05, 0) is 24.6 Å². The SMILES string of the molecule is CCNC(=NCc1ccc2c(c1)OCO2)NCCn1ccnc1.I. The van der Waals surface area contributed by atoms with Crippen molar-refractivity contribution in [2.24, 2.45) is 4.99 Å². The molecule has 0 amide bonds. The molecule has 2 heterocycles. The van der Waals surface area contributed by atoms with Gasteiger partial charge in [-0.3, -0.25) is 0 Å². The summed E-state index contributed by atoms with van der Waals surface area (Å²) >= 11 is 0. The fourth-order valence-corrected chi connectivity index (χ4v) is 2.27. The highest BCUT2D eigenvalue weighted by Crippen LogP contribution is 2.32. The fourth-order valence-electron chi connectivity index (χ4n) is 2.27. The van der Waals surface area contributed by atoms with Gasteiger partial charge in [-0.15, -0.1) is 24.0 Å². The summed E-state index contributed by atoms with van der Waals surface area (Å²) in [6, 6.07) is 5.90. The summed E-state index contributed by atoms with van der Waals surface area (Å²) in [4.78, 5) is 8.63. The minimum atomic E-state index is 0. The maximum atomic E-state index is 5.39. The number of nitrogens with zero attached hydrogens (tertiary/aromatic N) is 3. The molecule has 1 aromatic heterocycles. The van der Waals surface area contributed by atoms with Crippen LogP contribution >= 0.6 is 24.0 Å². The molecule has 1 aromatic carbocycles. The molecule has 2 N–H and O–H groups in total. The van der Waals surface area contributed by atoms with Crippen LogP contribution in [0.2, 0.25) is 0 Å². The number of rotatable bonds is 6. The van der Waals surface area contributed by atoms with Crippen molar-refractivity contribution in [3.8, 4) is 11.5 Å². The van der Waals surface area contributed by atoms with E-state index in [1.807, 2.05) is 35.9 Å². The second kappa shape index (κ2) is 9.36. The third-order valence-corrected chi connectivity index (χ3v) is 3.42. The Bertz CT molecular complexity index is 660. The lowest BCUT2D eigenvalue weighted by Gasteiger charge is -2.11. The van der Waals surface area contributed by atoms with Crippen LogP contribution in [0.25, 0.3) is 0 Å². The maximum Gasteiger partial charge on any atom is 0.231 e. The molecule has 0 saturated carbocycles. The average molecular weight is 443 g/mol. The Balaban J connectivity index is 0.00000208. The Hall–Kier alpha value is -1.97. The second-order valence-electron chi connectivity index (χ2n) is 5.11. The summed E-state index contributed by atoms with van der Waals surface area (Å²) in [5, 5.41) is 6.56. The van der Waals surface area contributed by atoms with Gasteiger partial charge in [0.15, 0.2) is 17.5 Å². The minimum absolute atomic E-state index is 0. The summed E-state index contributed by atoms with van der Waals surface area (Å²) < 4.78 is 12.7. The summed E-state index contributed by atoms with van der Waals surface area (Å²) in [6.45, 7) is 5.36. The van der Waals surface area contributed by atoms with Gasteiger partial charge in [-0.1, -0.05) is 6.07 Å². The standard InChI is InChI=1S/C16H21N5O2.HI/c1-2-18-16(19-6-8-21-7-5-17-11-21)20-10-13-3-4-14-15(9-13)23-12-22-14;/h3-5,7,9,11H,2,6,8,10,12H2,1H3,(H2,18,19,20);1H. The van der Waals surface area contributed by atoms with Crippen LogP contribution in [0.15, 0.2) is 41.9 Å². The highest BCUT2D eigenvalue weighted by atomic mass is 127. The maximum absolute atomic E-state index is 5.39. The van der Waals surface area contributed by atoms with Crippen LogP contribution in [0.1, 0.15) is 12.5 Å². The number of nitrogens with one attached hydrogen (secondary N) is 2. The molecule has 0 radical (unpaired) electrons. The number of fused-ring (bicyclic) bond motifs is 1. The monoisotopic (exact) mass is 443 g/mol. The molecule has 7 nitrogen and oxygen atoms in total. The Morgan fingerprint density at radius 1 is 1.29 bits per heavy atom. The van der Waals surface area contributed by atoms with E-state index in [1.54, 1.807) is 12.5 Å². The molecule has 0 saturated heterocycles. The first-order valence-corrected chi connectivity index (χ1v) is 7.71. The molecule has 0 aliphatic carbocycles. The first kappa shape index (κ1) is 18.4. The van der Waals surface area contributed by atoms with Crippen molar-refractivity contribution in [3.63, 3.8) is 0 Å². The van der Waals surface area contributed by atoms with Crippen molar-refractivity contribution in [2.75, 3.05) is 19.9 Å². The number of benzene rings is 1. The zero-order valence-electron chi connectivity index (χ0n) is 13.6. The lowest BCUT2D eigenvalue weighted by molar-refractivity contribution is 0.174. The van der Waals surface area contributed by atoms with Crippen LogP contribution < -0.4 is 20.1 Å². The van der Waals surface area contributed by atoms with E-state index in [4.69, 9.17) is 9.47 Å². The van der Waals surface area contributed by atoms with E-state index in [9.17, 15) is 0 Å². The predicted molar refractivity (Wildman–Crippen MR) is 103 cm³/mol. The molecule has 0 spiro atoms. The molecule has 24 heavy (non-hydrogen) atoms. The molecule has 0 atom stereocenters. The molecule has 8 heteroatoms. The van der Waals surface area contributed by atoms with Crippen LogP contribution in [-0.2, 0) is 13.1 Å². The number of aromatic nitrogens is 2. The number of aliphatic imine (C=N–C) groups is 1. The third-order valence-electron chi connectivity index (χ3n) is 3.42. The molecule has 1 aliphatic heterocycles. The van der Waals surface area contributed by atoms with Gasteiger partial charge >= 0.3 is 0 Å². The van der Waals surface area contributed by atoms with Gasteiger partial charge < -0.3 is 24.7 Å². The van der Waals surface area contributed by atoms with Crippen LogP contribution in [0.5, 0.6) is 11.5 Å². The number of hydrogen-bond donors (Lipinski definition) is 2. The van der Waals surface area contributed by atoms with Crippen LogP contribution in [0.4, 0.5) is 0 Å². The van der Waals surface area contributed by atoms with Crippen LogP contribution in [-0.4, -0.2) is 35.4 Å². The fraction of sp³-hybridized carbons (Fsp3) is 0.375. The van der Waals surface area contributed by atoms with E-state index in [-0.39, 0.29) is 24.0 Å². The molecular formula is C16H22IN5O2.